The van der Waals surface area contributed by atoms with Crippen LogP contribution in [0.3, 0.4) is 0 Å². The number of nitrogens with one attached hydrogen (secondary N) is 2. The minimum atomic E-state index is -4.50. The van der Waals surface area contributed by atoms with Gasteiger partial charge in [0.25, 0.3) is 5.91 Å². The van der Waals surface area contributed by atoms with Crippen molar-refractivity contribution in [2.24, 2.45) is 0 Å². The first-order valence-electron chi connectivity index (χ1n) is 8.49. The molecular weight excluding hydrogens is 423 g/mol. The number of nitrogens with zero attached hydrogens (tertiary/aromatic N) is 1. The highest BCUT2D eigenvalue weighted by Crippen LogP contribution is 2.19. The van der Waals surface area contributed by atoms with E-state index in [2.05, 4.69) is 10.6 Å². The predicted octanol–water partition coefficient (Wildman–Crippen LogP) is 1.46. The molecule has 0 saturated carbocycles. The summed E-state index contributed by atoms with van der Waals surface area (Å²) in [4.78, 5) is 24.4. The summed E-state index contributed by atoms with van der Waals surface area (Å²) in [7, 11) is -4.50. The molecule has 2 aromatic rings. The quantitative estimate of drug-likeness (QED) is 0.477. The highest BCUT2D eigenvalue weighted by molar-refractivity contribution is 7.92. The first kappa shape index (κ1) is 22.9. The van der Waals surface area contributed by atoms with E-state index in [1.807, 2.05) is 0 Å². The molecule has 7 nitrogen and oxygen atoms in total. The highest BCUT2D eigenvalue weighted by atomic mass is 32.2. The topological polar surface area (TPSA) is 116 Å². The molecule has 1 atom stereocenters. The van der Waals surface area contributed by atoms with E-state index in [4.69, 9.17) is 5.26 Å². The molecule has 2 N–H and O–H groups in total. The van der Waals surface area contributed by atoms with Crippen LogP contribution in [0.25, 0.3) is 0 Å². The zero-order valence-corrected chi connectivity index (χ0v) is 16.2. The fraction of sp³-hybridized carbons (Fsp3) is 0.211. The molecule has 158 valence electrons. The summed E-state index contributed by atoms with van der Waals surface area (Å²) in [5.74, 6) is -7.92. The van der Waals surface area contributed by atoms with E-state index in [1.165, 1.54) is 12.1 Å². The average molecular weight is 439 g/mol. The molecule has 0 saturated heterocycles. The number of halogens is 3. The van der Waals surface area contributed by atoms with Gasteiger partial charge in [-0.3, -0.25) is 9.59 Å². The Bertz CT molecular complexity index is 1090. The average Bonchev–Trinajstić information content (AvgIpc) is 2.73. The van der Waals surface area contributed by atoms with Gasteiger partial charge in [0.1, 0.15) is 6.54 Å². The Balaban J connectivity index is 2.26. The van der Waals surface area contributed by atoms with Gasteiger partial charge in [0.05, 0.1) is 11.8 Å². The number of benzene rings is 2. The Morgan fingerprint density at radius 2 is 1.67 bits per heavy atom. The van der Waals surface area contributed by atoms with Crippen molar-refractivity contribution in [3.63, 3.8) is 0 Å². The summed E-state index contributed by atoms with van der Waals surface area (Å²) < 4.78 is 65.9. The lowest BCUT2D eigenvalue weighted by Gasteiger charge is -2.18. The Kier molecular flexibility index (Phi) is 7.54. The van der Waals surface area contributed by atoms with Gasteiger partial charge in [0, 0.05) is 17.7 Å². The normalized spacial score (nSPS) is 11.9. The number of amides is 2. The number of carbonyl (C=O) groups excluding carboxylic acids is 2. The molecule has 0 aliphatic rings. The molecule has 0 aromatic heterocycles. The van der Waals surface area contributed by atoms with Crippen LogP contribution in [0, 0.1) is 28.8 Å². The van der Waals surface area contributed by atoms with Crippen LogP contribution in [0.2, 0.25) is 0 Å². The van der Waals surface area contributed by atoms with Crippen LogP contribution in [0.5, 0.6) is 0 Å². The van der Waals surface area contributed by atoms with E-state index in [1.54, 1.807) is 24.3 Å². The summed E-state index contributed by atoms with van der Waals surface area (Å²) in [5, 5.41) is 11.0. The number of carbonyl (C=O) groups is 2. The molecule has 1 unspecified atom stereocenters. The number of hydrogen-bond donors (Lipinski definition) is 2. The van der Waals surface area contributed by atoms with E-state index < -0.39 is 68.8 Å². The van der Waals surface area contributed by atoms with Gasteiger partial charge in [-0.05, 0) is 18.2 Å². The van der Waals surface area contributed by atoms with E-state index in [9.17, 15) is 31.2 Å². The van der Waals surface area contributed by atoms with Gasteiger partial charge in [-0.1, -0.05) is 24.3 Å². The van der Waals surface area contributed by atoms with Crippen molar-refractivity contribution < 1.29 is 31.2 Å². The molecular formula is C19H16F3N3O4S. The lowest BCUT2D eigenvalue weighted by atomic mass is 10.2. The zero-order valence-electron chi connectivity index (χ0n) is 15.4. The smallest absolute Gasteiger partial charge is 0.251 e. The third-order valence-electron chi connectivity index (χ3n) is 4.02. The number of nitriles is 1. The largest absolute Gasteiger partial charge is 0.350 e. The van der Waals surface area contributed by atoms with Crippen molar-refractivity contribution in [1.29, 1.82) is 5.26 Å². The SMILES string of the molecule is N#CCNC(=O)C(CNC(=O)c1ccccc1)S(=O)(=O)Cc1ccc(F)c(F)c1F. The molecule has 2 rings (SSSR count). The zero-order chi connectivity index (χ0) is 22.3. The number of hydrogen-bond acceptors (Lipinski definition) is 5. The number of rotatable bonds is 8. The van der Waals surface area contributed by atoms with Crippen molar-refractivity contribution in [2.75, 3.05) is 13.1 Å². The Labute approximate surface area is 170 Å². The molecule has 0 spiro atoms. The lowest BCUT2D eigenvalue weighted by Crippen LogP contribution is -2.47. The monoisotopic (exact) mass is 439 g/mol. The van der Waals surface area contributed by atoms with Gasteiger partial charge in [-0.25, -0.2) is 21.6 Å². The molecule has 30 heavy (non-hydrogen) atoms. The van der Waals surface area contributed by atoms with E-state index in [0.717, 1.165) is 6.07 Å². The van der Waals surface area contributed by atoms with Crippen LogP contribution in [0.1, 0.15) is 15.9 Å². The summed E-state index contributed by atoms with van der Waals surface area (Å²) in [5.41, 5.74) is -0.473. The molecule has 0 radical (unpaired) electrons. The van der Waals surface area contributed by atoms with Crippen molar-refractivity contribution >= 4 is 21.7 Å². The maximum absolute atomic E-state index is 13.9. The van der Waals surface area contributed by atoms with Crippen molar-refractivity contribution in [2.45, 2.75) is 11.0 Å². The van der Waals surface area contributed by atoms with E-state index in [0.29, 0.717) is 6.07 Å². The fourth-order valence-corrected chi connectivity index (χ4v) is 4.10. The highest BCUT2D eigenvalue weighted by Gasteiger charge is 2.34. The van der Waals surface area contributed by atoms with Crippen LogP contribution < -0.4 is 10.6 Å². The van der Waals surface area contributed by atoms with E-state index in [-0.39, 0.29) is 5.56 Å². The van der Waals surface area contributed by atoms with Gasteiger partial charge in [-0.2, -0.15) is 5.26 Å². The number of sulfone groups is 1. The standard InChI is InChI=1S/C19H16F3N3O4S/c20-14-7-6-13(16(21)17(14)22)11-30(28,29)15(19(27)24-9-8-23)10-25-18(26)12-4-2-1-3-5-12/h1-7,15H,9-11H2,(H,24,27)(H,25,26). The Morgan fingerprint density at radius 3 is 2.30 bits per heavy atom. The third-order valence-corrected chi connectivity index (χ3v) is 5.98. The predicted molar refractivity (Wildman–Crippen MR) is 100 cm³/mol. The van der Waals surface area contributed by atoms with Crippen LogP contribution in [-0.4, -0.2) is 38.6 Å². The van der Waals surface area contributed by atoms with Gasteiger partial charge in [0.15, 0.2) is 32.5 Å². The Hall–Kier alpha value is -3.39. The first-order valence-corrected chi connectivity index (χ1v) is 10.2. The lowest BCUT2D eigenvalue weighted by molar-refractivity contribution is -0.120. The van der Waals surface area contributed by atoms with Crippen molar-refractivity contribution in [1.82, 2.24) is 10.6 Å². The van der Waals surface area contributed by atoms with Gasteiger partial charge in [0.2, 0.25) is 5.91 Å². The molecule has 0 fully saturated rings. The second kappa shape index (κ2) is 9.89. The summed E-state index contributed by atoms with van der Waals surface area (Å²) in [6, 6.07) is 10.7. The molecule has 0 aliphatic carbocycles. The van der Waals surface area contributed by atoms with E-state index >= 15 is 0 Å². The maximum Gasteiger partial charge on any atom is 0.251 e. The third kappa shape index (κ3) is 5.57. The van der Waals surface area contributed by atoms with Crippen LogP contribution in [0.4, 0.5) is 13.2 Å². The molecule has 11 heteroatoms. The first-order chi connectivity index (χ1) is 14.2. The summed E-state index contributed by atoms with van der Waals surface area (Å²) in [6.45, 7) is -1.18. The molecule has 0 heterocycles. The second-order valence-corrected chi connectivity index (χ2v) is 8.27. The Morgan fingerprint density at radius 1 is 1.00 bits per heavy atom. The van der Waals surface area contributed by atoms with Crippen molar-refractivity contribution in [3.05, 3.63) is 71.0 Å². The van der Waals surface area contributed by atoms with Crippen molar-refractivity contribution in [3.8, 4) is 6.07 Å². The minimum absolute atomic E-state index is 0.206. The molecule has 2 amide bonds. The second-order valence-electron chi connectivity index (χ2n) is 6.08. The maximum atomic E-state index is 13.9. The van der Waals surface area contributed by atoms with Crippen LogP contribution in [-0.2, 0) is 20.4 Å². The minimum Gasteiger partial charge on any atom is -0.350 e. The molecule has 0 bridgehead atoms. The summed E-state index contributed by atoms with van der Waals surface area (Å²) >= 11 is 0. The fourth-order valence-electron chi connectivity index (χ4n) is 2.49. The van der Waals surface area contributed by atoms with Crippen LogP contribution >= 0.6 is 0 Å². The molecule has 2 aromatic carbocycles. The summed E-state index contributed by atoms with van der Waals surface area (Å²) in [6.07, 6.45) is 0. The van der Waals surface area contributed by atoms with Gasteiger partial charge < -0.3 is 10.6 Å². The van der Waals surface area contributed by atoms with Crippen LogP contribution in [0.15, 0.2) is 42.5 Å². The van der Waals surface area contributed by atoms with Gasteiger partial charge >= 0.3 is 0 Å². The van der Waals surface area contributed by atoms with Gasteiger partial charge in [-0.15, -0.1) is 0 Å². The molecule has 0 aliphatic heterocycles.